The molecule has 0 radical (unpaired) electrons. The molecule has 48 heavy (non-hydrogen) atoms. The van der Waals surface area contributed by atoms with E-state index in [4.69, 9.17) is 25.5 Å². The zero-order chi connectivity index (χ0) is 35.2. The van der Waals surface area contributed by atoms with Gasteiger partial charge in [-0.25, -0.2) is 18.4 Å². The summed E-state index contributed by atoms with van der Waals surface area (Å²) in [4.78, 5) is 18.8. The average Bonchev–Trinajstić information content (AvgIpc) is 3.56. The second-order valence-electron chi connectivity index (χ2n) is 15.2. The first-order valence-corrected chi connectivity index (χ1v) is 19.6. The van der Waals surface area contributed by atoms with Crippen molar-refractivity contribution in [1.29, 1.82) is 0 Å². The highest BCUT2D eigenvalue weighted by Gasteiger charge is 2.38. The molecule has 1 aliphatic heterocycles. The molecule has 5 heterocycles. The van der Waals surface area contributed by atoms with Gasteiger partial charge in [0.1, 0.15) is 28.4 Å². The van der Waals surface area contributed by atoms with Crippen molar-refractivity contribution in [3.63, 3.8) is 0 Å². The van der Waals surface area contributed by atoms with Crippen molar-refractivity contribution >= 4 is 31.5 Å². The van der Waals surface area contributed by atoms with Crippen molar-refractivity contribution in [2.45, 2.75) is 97.7 Å². The Morgan fingerprint density at radius 1 is 1.17 bits per heavy atom. The van der Waals surface area contributed by atoms with Gasteiger partial charge in [0.15, 0.2) is 14.4 Å². The molecule has 5 rings (SSSR count). The molecule has 14 heteroatoms. The Bertz CT molecular complexity index is 1760. The number of pyridine rings is 2. The number of likely N-dealkylation sites (tertiary alicyclic amines) is 1. The lowest BCUT2D eigenvalue weighted by molar-refractivity contribution is 0.0116. The summed E-state index contributed by atoms with van der Waals surface area (Å²) in [5, 5.41) is 14.0. The zero-order valence-electron chi connectivity index (χ0n) is 29.5. The Kier molecular flexibility index (Phi) is 9.98. The van der Waals surface area contributed by atoms with Gasteiger partial charge in [-0.2, -0.15) is 5.10 Å². The summed E-state index contributed by atoms with van der Waals surface area (Å²) in [7, 11) is -2.17. The fourth-order valence-corrected chi connectivity index (χ4v) is 6.81. The molecule has 1 fully saturated rings. The van der Waals surface area contributed by atoms with Crippen LogP contribution in [0.1, 0.15) is 78.4 Å². The van der Waals surface area contributed by atoms with Crippen molar-refractivity contribution in [2.75, 3.05) is 19.7 Å². The van der Waals surface area contributed by atoms with Crippen LogP contribution in [0, 0.1) is 18.7 Å². The summed E-state index contributed by atoms with van der Waals surface area (Å²) in [5.74, 6) is 0.142. The number of nitrogens with zero attached hydrogens (tertiary/aromatic N) is 7. The first-order valence-electron chi connectivity index (χ1n) is 16.3. The molecule has 1 aliphatic rings. The first kappa shape index (κ1) is 35.7. The van der Waals surface area contributed by atoms with E-state index >= 15 is 0 Å². The minimum absolute atomic E-state index is 0.0249. The van der Waals surface area contributed by atoms with Gasteiger partial charge < -0.3 is 18.8 Å². The quantitative estimate of drug-likeness (QED) is 0.170. The highest BCUT2D eigenvalue weighted by atomic mass is 35.5. The Hall–Kier alpha value is -3.55. The zero-order valence-corrected chi connectivity index (χ0v) is 31.3. The van der Waals surface area contributed by atoms with Crippen LogP contribution < -0.4 is 4.74 Å². The standard InChI is InChI=1S/C34H47ClFN7O4Si/c1-21-18-41(32(44)47-33(3,4)5)14-13-27(21)43-22(2)30(39-40-43)23-15-28(31-25(35)17-38-42(31)19-23)46-29(26-12-11-24(36)16-37-26)20-45-48(9,10)34(6,7)8/h11-12,15-17,19,21,27,29H,13-14,18,20H2,1-10H3/t21-,27+,29?/m1/s1. The number of hydrogen-bond acceptors (Lipinski definition) is 8. The van der Waals surface area contributed by atoms with E-state index in [1.54, 1.807) is 21.7 Å². The summed E-state index contributed by atoms with van der Waals surface area (Å²) >= 11 is 6.64. The van der Waals surface area contributed by atoms with E-state index in [0.29, 0.717) is 47.2 Å². The Labute approximate surface area is 287 Å². The van der Waals surface area contributed by atoms with Gasteiger partial charge in [0.05, 0.1) is 41.5 Å². The molecule has 0 bridgehead atoms. The number of rotatable bonds is 8. The lowest BCUT2D eigenvalue weighted by Crippen LogP contribution is -2.45. The topological polar surface area (TPSA) is 109 Å². The monoisotopic (exact) mass is 699 g/mol. The summed E-state index contributed by atoms with van der Waals surface area (Å²) < 4.78 is 36.3. The van der Waals surface area contributed by atoms with Gasteiger partial charge >= 0.3 is 6.09 Å². The molecular formula is C34H47ClFN7O4Si. The van der Waals surface area contributed by atoms with E-state index in [1.807, 2.05) is 44.6 Å². The van der Waals surface area contributed by atoms with Crippen LogP contribution in [0.5, 0.6) is 5.75 Å². The third kappa shape index (κ3) is 7.68. The summed E-state index contributed by atoms with van der Waals surface area (Å²) in [6, 6.07) is 4.90. The van der Waals surface area contributed by atoms with Crippen LogP contribution in [-0.4, -0.2) is 74.2 Å². The molecule has 0 spiro atoms. The van der Waals surface area contributed by atoms with Gasteiger partial charge in [-0.3, -0.25) is 4.98 Å². The second-order valence-corrected chi connectivity index (χ2v) is 20.4. The fraction of sp³-hybridized carbons (Fsp3) is 0.559. The molecule has 4 aromatic rings. The maximum absolute atomic E-state index is 13.9. The van der Waals surface area contributed by atoms with Gasteiger partial charge in [-0.05, 0) is 76.4 Å². The van der Waals surface area contributed by atoms with Crippen molar-refractivity contribution in [2.24, 2.45) is 5.92 Å². The summed E-state index contributed by atoms with van der Waals surface area (Å²) in [5.41, 5.74) is 2.83. The van der Waals surface area contributed by atoms with Gasteiger partial charge in [0.2, 0.25) is 0 Å². The van der Waals surface area contributed by atoms with Crippen LogP contribution in [-0.2, 0) is 9.16 Å². The minimum Gasteiger partial charge on any atom is -0.479 e. The Balaban J connectivity index is 1.45. The van der Waals surface area contributed by atoms with Crippen molar-refractivity contribution < 1.29 is 23.1 Å². The van der Waals surface area contributed by atoms with E-state index in [2.05, 4.69) is 61.2 Å². The molecule has 1 unspecified atom stereocenters. The molecule has 4 aromatic heterocycles. The van der Waals surface area contributed by atoms with Crippen molar-refractivity contribution in [3.8, 4) is 17.0 Å². The number of carbonyl (C=O) groups excluding carboxylic acids is 1. The molecule has 1 saturated heterocycles. The number of amides is 1. The normalized spacial score (nSPS) is 18.3. The van der Waals surface area contributed by atoms with Crippen LogP contribution in [0.15, 0.2) is 36.8 Å². The van der Waals surface area contributed by atoms with E-state index < -0.39 is 25.8 Å². The van der Waals surface area contributed by atoms with E-state index in [9.17, 15) is 9.18 Å². The smallest absolute Gasteiger partial charge is 0.410 e. The number of halogens is 2. The molecule has 0 aromatic carbocycles. The Morgan fingerprint density at radius 3 is 2.52 bits per heavy atom. The van der Waals surface area contributed by atoms with Gasteiger partial charge in [-0.15, -0.1) is 5.10 Å². The van der Waals surface area contributed by atoms with Crippen molar-refractivity contribution in [1.82, 2.24) is 34.5 Å². The van der Waals surface area contributed by atoms with Crippen LogP contribution in [0.25, 0.3) is 16.8 Å². The second kappa shape index (κ2) is 13.4. The number of fused-ring (bicyclic) bond motifs is 1. The van der Waals surface area contributed by atoms with Crippen LogP contribution in [0.2, 0.25) is 23.2 Å². The first-order chi connectivity index (χ1) is 22.3. The number of hydrogen-bond donors (Lipinski definition) is 0. The third-order valence-electron chi connectivity index (χ3n) is 9.31. The number of carbonyl (C=O) groups is 1. The Morgan fingerprint density at radius 2 is 1.90 bits per heavy atom. The largest absolute Gasteiger partial charge is 0.479 e. The lowest BCUT2D eigenvalue weighted by atomic mass is 9.94. The molecule has 260 valence electrons. The van der Waals surface area contributed by atoms with Gasteiger partial charge in [0, 0.05) is 24.8 Å². The minimum atomic E-state index is -2.17. The van der Waals surface area contributed by atoms with Crippen LogP contribution >= 0.6 is 11.6 Å². The van der Waals surface area contributed by atoms with Crippen molar-refractivity contribution in [3.05, 3.63) is 59.0 Å². The molecule has 1 amide bonds. The molecule has 0 aliphatic carbocycles. The molecular weight excluding hydrogens is 653 g/mol. The van der Waals surface area contributed by atoms with Crippen LogP contribution in [0.4, 0.5) is 9.18 Å². The maximum atomic E-state index is 13.9. The fourth-order valence-electron chi connectivity index (χ4n) is 5.59. The van der Waals surface area contributed by atoms with Gasteiger partial charge in [0.25, 0.3) is 0 Å². The predicted octanol–water partition coefficient (Wildman–Crippen LogP) is 8.05. The van der Waals surface area contributed by atoms with E-state index in [-0.39, 0.29) is 29.7 Å². The van der Waals surface area contributed by atoms with Gasteiger partial charge in [-0.1, -0.05) is 44.5 Å². The lowest BCUT2D eigenvalue weighted by Gasteiger charge is -2.37. The predicted molar refractivity (Wildman–Crippen MR) is 185 cm³/mol. The number of aromatic nitrogens is 6. The summed E-state index contributed by atoms with van der Waals surface area (Å²) in [6.45, 7) is 21.9. The highest BCUT2D eigenvalue weighted by molar-refractivity contribution is 6.74. The maximum Gasteiger partial charge on any atom is 0.410 e. The SMILES string of the molecule is Cc1c(-c2cc(OC(CO[Si](C)(C)C(C)(C)C)c3ccc(F)cn3)c3c(Cl)cnn3c2)nnn1[C@H]1CCN(C(=O)OC(C)(C)C)C[C@H]1C. The van der Waals surface area contributed by atoms with Crippen LogP contribution in [0.3, 0.4) is 0 Å². The summed E-state index contributed by atoms with van der Waals surface area (Å²) in [6.07, 6.45) is 4.35. The molecule has 0 N–H and O–H groups in total. The number of piperidine rings is 1. The van der Waals surface area contributed by atoms with E-state index in [0.717, 1.165) is 11.3 Å². The average molecular weight is 700 g/mol. The number of ether oxygens (including phenoxy) is 2. The molecule has 11 nitrogen and oxygen atoms in total. The molecule has 3 atom stereocenters. The molecule has 0 saturated carbocycles. The highest BCUT2D eigenvalue weighted by Crippen LogP contribution is 2.39. The van der Waals surface area contributed by atoms with E-state index in [1.165, 1.54) is 12.3 Å². The third-order valence-corrected chi connectivity index (χ3v) is 14.1.